The van der Waals surface area contributed by atoms with Crippen molar-refractivity contribution in [3.8, 4) is 0 Å². The molecule has 1 heterocycles. The SMILES string of the molecule is CC(C)(NC(=O)CCC(N)c1ccccc1)c1nccs1. The van der Waals surface area contributed by atoms with Crippen LogP contribution in [0.25, 0.3) is 0 Å². The Balaban J connectivity index is 1.85. The minimum atomic E-state index is -0.442. The van der Waals surface area contributed by atoms with E-state index in [1.807, 2.05) is 49.6 Å². The molecule has 0 radical (unpaired) electrons. The molecule has 0 saturated heterocycles. The van der Waals surface area contributed by atoms with Crippen LogP contribution in [0.1, 0.15) is 43.3 Å². The van der Waals surface area contributed by atoms with E-state index in [0.717, 1.165) is 10.6 Å². The van der Waals surface area contributed by atoms with Gasteiger partial charge in [-0.05, 0) is 25.8 Å². The summed E-state index contributed by atoms with van der Waals surface area (Å²) in [6.07, 6.45) is 2.79. The standard InChI is InChI=1S/C16H21N3OS/c1-16(2,15-18-10-11-21-15)19-14(20)9-8-13(17)12-6-4-3-5-7-12/h3-7,10-11,13H,8-9,17H2,1-2H3,(H,19,20). The molecule has 0 aliphatic carbocycles. The van der Waals surface area contributed by atoms with Gasteiger partial charge in [-0.3, -0.25) is 4.79 Å². The molecule has 0 bridgehead atoms. The van der Waals surface area contributed by atoms with Gasteiger partial charge in [0, 0.05) is 24.0 Å². The molecular formula is C16H21N3OS. The second-order valence-electron chi connectivity index (χ2n) is 5.57. The normalized spacial score (nSPS) is 12.9. The summed E-state index contributed by atoms with van der Waals surface area (Å²) in [5, 5.41) is 5.84. The number of thiazole rings is 1. The zero-order valence-electron chi connectivity index (χ0n) is 12.4. The van der Waals surface area contributed by atoms with Gasteiger partial charge >= 0.3 is 0 Å². The van der Waals surface area contributed by atoms with Gasteiger partial charge in [0.2, 0.25) is 5.91 Å². The number of amides is 1. The second-order valence-corrected chi connectivity index (χ2v) is 6.46. The van der Waals surface area contributed by atoms with Gasteiger partial charge in [0.05, 0.1) is 5.54 Å². The van der Waals surface area contributed by atoms with E-state index in [1.165, 1.54) is 0 Å². The van der Waals surface area contributed by atoms with Gasteiger partial charge in [0.1, 0.15) is 5.01 Å². The van der Waals surface area contributed by atoms with Crippen molar-refractivity contribution in [2.75, 3.05) is 0 Å². The molecule has 0 saturated carbocycles. The van der Waals surface area contributed by atoms with E-state index in [-0.39, 0.29) is 11.9 Å². The lowest BCUT2D eigenvalue weighted by Gasteiger charge is -2.24. The van der Waals surface area contributed by atoms with Crippen molar-refractivity contribution in [2.24, 2.45) is 5.73 Å². The number of carbonyl (C=O) groups is 1. The summed E-state index contributed by atoms with van der Waals surface area (Å²) in [5.41, 5.74) is 6.73. The third kappa shape index (κ3) is 4.37. The smallest absolute Gasteiger partial charge is 0.220 e. The quantitative estimate of drug-likeness (QED) is 0.862. The van der Waals surface area contributed by atoms with Crippen LogP contribution in [-0.4, -0.2) is 10.9 Å². The molecule has 21 heavy (non-hydrogen) atoms. The number of hydrogen-bond acceptors (Lipinski definition) is 4. The van der Waals surface area contributed by atoms with Crippen molar-refractivity contribution in [3.05, 3.63) is 52.5 Å². The van der Waals surface area contributed by atoms with Crippen LogP contribution in [0.5, 0.6) is 0 Å². The van der Waals surface area contributed by atoms with Crippen LogP contribution in [0.3, 0.4) is 0 Å². The second kappa shape index (κ2) is 6.83. The van der Waals surface area contributed by atoms with Crippen molar-refractivity contribution in [2.45, 2.75) is 38.3 Å². The maximum absolute atomic E-state index is 12.1. The van der Waals surface area contributed by atoms with Crippen molar-refractivity contribution >= 4 is 17.2 Å². The van der Waals surface area contributed by atoms with Crippen LogP contribution in [0.15, 0.2) is 41.9 Å². The predicted octanol–water partition coefficient (Wildman–Crippen LogP) is 2.97. The van der Waals surface area contributed by atoms with E-state index in [4.69, 9.17) is 5.73 Å². The number of benzene rings is 1. The van der Waals surface area contributed by atoms with E-state index in [2.05, 4.69) is 10.3 Å². The molecule has 1 aromatic heterocycles. The van der Waals surface area contributed by atoms with Crippen LogP contribution in [0, 0.1) is 0 Å². The highest BCUT2D eigenvalue weighted by molar-refractivity contribution is 7.09. The monoisotopic (exact) mass is 303 g/mol. The van der Waals surface area contributed by atoms with Gasteiger partial charge in [0.15, 0.2) is 0 Å². The number of aromatic nitrogens is 1. The first kappa shape index (κ1) is 15.7. The molecule has 112 valence electrons. The fourth-order valence-corrected chi connectivity index (χ4v) is 2.87. The van der Waals surface area contributed by atoms with Gasteiger partial charge in [0.25, 0.3) is 0 Å². The van der Waals surface area contributed by atoms with Crippen LogP contribution in [0.4, 0.5) is 0 Å². The topological polar surface area (TPSA) is 68.0 Å². The molecule has 0 aliphatic heterocycles. The minimum Gasteiger partial charge on any atom is -0.345 e. The first-order valence-electron chi connectivity index (χ1n) is 7.00. The summed E-state index contributed by atoms with van der Waals surface area (Å²) in [6.45, 7) is 3.92. The lowest BCUT2D eigenvalue weighted by molar-refractivity contribution is -0.123. The Morgan fingerprint density at radius 3 is 2.71 bits per heavy atom. The van der Waals surface area contributed by atoms with Crippen molar-refractivity contribution in [1.82, 2.24) is 10.3 Å². The molecule has 1 atom stereocenters. The maximum Gasteiger partial charge on any atom is 0.220 e. The highest BCUT2D eigenvalue weighted by atomic mass is 32.1. The Morgan fingerprint density at radius 2 is 2.10 bits per heavy atom. The lowest BCUT2D eigenvalue weighted by atomic mass is 10.0. The van der Waals surface area contributed by atoms with Crippen LogP contribution in [-0.2, 0) is 10.3 Å². The number of nitrogens with zero attached hydrogens (tertiary/aromatic N) is 1. The van der Waals surface area contributed by atoms with Crippen LogP contribution < -0.4 is 11.1 Å². The molecule has 0 spiro atoms. The van der Waals surface area contributed by atoms with Gasteiger partial charge in [-0.25, -0.2) is 4.98 Å². The molecular weight excluding hydrogens is 282 g/mol. The first-order valence-corrected chi connectivity index (χ1v) is 7.88. The van der Waals surface area contributed by atoms with Gasteiger partial charge < -0.3 is 11.1 Å². The molecule has 0 fully saturated rings. The summed E-state index contributed by atoms with van der Waals surface area (Å²) in [5.74, 6) is 0.00146. The van der Waals surface area contributed by atoms with Crippen molar-refractivity contribution < 1.29 is 4.79 Å². The fraction of sp³-hybridized carbons (Fsp3) is 0.375. The first-order chi connectivity index (χ1) is 9.99. The lowest BCUT2D eigenvalue weighted by Crippen LogP contribution is -2.41. The molecule has 2 aromatic rings. The largest absolute Gasteiger partial charge is 0.345 e. The fourth-order valence-electron chi connectivity index (χ4n) is 2.15. The van der Waals surface area contributed by atoms with Crippen molar-refractivity contribution in [3.63, 3.8) is 0 Å². The predicted molar refractivity (Wildman–Crippen MR) is 85.9 cm³/mol. The number of nitrogens with two attached hydrogens (primary N) is 1. The summed E-state index contributed by atoms with van der Waals surface area (Å²) in [6, 6.07) is 9.74. The summed E-state index contributed by atoms with van der Waals surface area (Å²) in [7, 11) is 0. The molecule has 1 amide bonds. The van der Waals surface area contributed by atoms with Gasteiger partial charge in [-0.15, -0.1) is 11.3 Å². The van der Waals surface area contributed by atoms with Crippen molar-refractivity contribution in [1.29, 1.82) is 0 Å². The average molecular weight is 303 g/mol. The van der Waals surface area contributed by atoms with Gasteiger partial charge in [-0.2, -0.15) is 0 Å². The molecule has 0 aliphatic rings. The highest BCUT2D eigenvalue weighted by Crippen LogP contribution is 2.22. The van der Waals surface area contributed by atoms with E-state index >= 15 is 0 Å². The Labute approximate surface area is 129 Å². The van der Waals surface area contributed by atoms with E-state index in [1.54, 1.807) is 17.5 Å². The van der Waals surface area contributed by atoms with E-state index in [0.29, 0.717) is 12.8 Å². The Hall–Kier alpha value is -1.72. The summed E-state index contributed by atoms with van der Waals surface area (Å²) < 4.78 is 0. The molecule has 1 unspecified atom stereocenters. The number of nitrogens with one attached hydrogen (secondary N) is 1. The Morgan fingerprint density at radius 1 is 1.38 bits per heavy atom. The highest BCUT2D eigenvalue weighted by Gasteiger charge is 2.25. The third-order valence-electron chi connectivity index (χ3n) is 3.33. The molecule has 5 heteroatoms. The third-order valence-corrected chi connectivity index (χ3v) is 4.43. The van der Waals surface area contributed by atoms with Crippen LogP contribution >= 0.6 is 11.3 Å². The number of rotatable bonds is 6. The maximum atomic E-state index is 12.1. The zero-order valence-corrected chi connectivity index (χ0v) is 13.2. The molecule has 3 N–H and O–H groups in total. The zero-order chi connectivity index (χ0) is 15.3. The van der Waals surface area contributed by atoms with Gasteiger partial charge in [-0.1, -0.05) is 30.3 Å². The van der Waals surface area contributed by atoms with E-state index < -0.39 is 5.54 Å². The molecule has 4 nitrogen and oxygen atoms in total. The van der Waals surface area contributed by atoms with E-state index in [9.17, 15) is 4.79 Å². The molecule has 2 rings (SSSR count). The summed E-state index contributed by atoms with van der Waals surface area (Å²) >= 11 is 1.54. The minimum absolute atomic E-state index is 0.00146. The Kier molecular flexibility index (Phi) is 5.09. The van der Waals surface area contributed by atoms with Crippen LogP contribution in [0.2, 0.25) is 0 Å². The number of carbonyl (C=O) groups excluding carboxylic acids is 1. The average Bonchev–Trinajstić information content (AvgIpc) is 3.00. The summed E-state index contributed by atoms with van der Waals surface area (Å²) in [4.78, 5) is 16.4. The Bertz CT molecular complexity index is 566. The number of hydrogen-bond donors (Lipinski definition) is 2. The molecule has 1 aromatic carbocycles.